The summed E-state index contributed by atoms with van der Waals surface area (Å²) in [6.45, 7) is 5.63. The van der Waals surface area contributed by atoms with Crippen molar-refractivity contribution in [2.75, 3.05) is 25.2 Å². The van der Waals surface area contributed by atoms with Crippen LogP contribution in [-0.2, 0) is 25.6 Å². The fourth-order valence-electron chi connectivity index (χ4n) is 4.05. The molecule has 4 aromatic rings. The number of rotatable bonds is 13. The zero-order valence-electron chi connectivity index (χ0n) is 24.1. The average Bonchev–Trinajstić information content (AvgIpc) is 2.98. The van der Waals surface area contributed by atoms with Gasteiger partial charge in [0.25, 0.3) is 10.1 Å². The average molecular weight is 591 g/mol. The Labute approximate surface area is 246 Å². The van der Waals surface area contributed by atoms with Gasteiger partial charge in [-0.1, -0.05) is 35.4 Å². The van der Waals surface area contributed by atoms with E-state index in [0.29, 0.717) is 34.9 Å². The van der Waals surface area contributed by atoms with Gasteiger partial charge < -0.3 is 19.1 Å². The molecule has 1 aromatic heterocycles. The largest absolute Gasteiger partial charge is 0.497 e. The second-order valence-electron chi connectivity index (χ2n) is 9.61. The summed E-state index contributed by atoms with van der Waals surface area (Å²) in [6.07, 6.45) is 1.93. The number of hydrogen-bond acceptors (Lipinski definition) is 8. The van der Waals surface area contributed by atoms with Crippen molar-refractivity contribution in [1.82, 2.24) is 4.98 Å². The van der Waals surface area contributed by atoms with Gasteiger partial charge in [0, 0.05) is 25.1 Å². The van der Waals surface area contributed by atoms with Crippen LogP contribution < -0.4 is 19.1 Å². The van der Waals surface area contributed by atoms with E-state index in [0.717, 1.165) is 11.1 Å². The van der Waals surface area contributed by atoms with E-state index in [1.54, 1.807) is 60.7 Å². The first-order valence-electron chi connectivity index (χ1n) is 13.4. The van der Waals surface area contributed by atoms with E-state index in [9.17, 15) is 13.2 Å². The number of anilines is 1. The number of carbonyl (C=O) groups excluding carboxylic acids is 1. The molecule has 0 saturated carbocycles. The van der Waals surface area contributed by atoms with Gasteiger partial charge in [-0.25, -0.2) is 4.98 Å². The van der Waals surface area contributed by atoms with E-state index < -0.39 is 10.1 Å². The maximum atomic E-state index is 12.9. The summed E-state index contributed by atoms with van der Waals surface area (Å²) >= 11 is 0. The lowest BCUT2D eigenvalue weighted by atomic mass is 10.1. The van der Waals surface area contributed by atoms with Crippen LogP contribution in [0.5, 0.6) is 23.1 Å². The van der Waals surface area contributed by atoms with Crippen LogP contribution in [0.4, 0.5) is 5.69 Å². The monoisotopic (exact) mass is 590 g/mol. The Kier molecular flexibility index (Phi) is 10.2. The Morgan fingerprint density at radius 1 is 0.881 bits per heavy atom. The summed E-state index contributed by atoms with van der Waals surface area (Å²) in [6, 6.07) is 22.8. The molecule has 4 rings (SSSR count). The third-order valence-corrected chi connectivity index (χ3v) is 7.67. The quantitative estimate of drug-likeness (QED) is 0.133. The minimum absolute atomic E-state index is 0.0450. The molecule has 0 spiro atoms. The summed E-state index contributed by atoms with van der Waals surface area (Å²) in [4.78, 5) is 18.9. The van der Waals surface area contributed by atoms with Crippen LogP contribution in [0, 0.1) is 13.8 Å². The number of benzene rings is 3. The van der Waals surface area contributed by atoms with E-state index in [-0.39, 0.29) is 36.4 Å². The lowest BCUT2D eigenvalue weighted by Gasteiger charge is -2.24. The van der Waals surface area contributed by atoms with Crippen LogP contribution in [0.1, 0.15) is 30.0 Å². The Balaban J connectivity index is 1.47. The van der Waals surface area contributed by atoms with Gasteiger partial charge >= 0.3 is 0 Å². The predicted molar refractivity (Wildman–Crippen MR) is 160 cm³/mol. The van der Waals surface area contributed by atoms with E-state index in [2.05, 4.69) is 4.98 Å². The van der Waals surface area contributed by atoms with E-state index in [4.69, 9.17) is 18.4 Å². The van der Waals surface area contributed by atoms with Gasteiger partial charge in [-0.3, -0.25) is 8.98 Å². The standard InChI is InChI=1S/C32H34N2O7S/c1-23-8-12-27(13-9-23)41-32-30(7-5-18-33-32)34(25(3)35)22-26-21-28(38-4)14-17-31(26)39-19-6-20-40-42(36,37)29-15-10-24(2)11-16-29/h5,7-18,21H,6,19-20,22H2,1-4H3. The zero-order valence-corrected chi connectivity index (χ0v) is 24.9. The van der Waals surface area contributed by atoms with Gasteiger partial charge in [0.2, 0.25) is 11.8 Å². The van der Waals surface area contributed by atoms with Crippen LogP contribution in [0.25, 0.3) is 0 Å². The molecule has 0 aliphatic carbocycles. The molecule has 0 saturated heterocycles. The van der Waals surface area contributed by atoms with Crippen molar-refractivity contribution in [3.63, 3.8) is 0 Å². The molecule has 3 aromatic carbocycles. The van der Waals surface area contributed by atoms with Crippen LogP contribution in [0.15, 0.2) is 90.0 Å². The molecule has 0 N–H and O–H groups in total. The molecule has 0 fully saturated rings. The van der Waals surface area contributed by atoms with Gasteiger partial charge in [0.05, 0.1) is 31.8 Å². The fourth-order valence-corrected chi connectivity index (χ4v) is 4.99. The molecular formula is C32H34N2O7S. The van der Waals surface area contributed by atoms with Crippen LogP contribution in [0.2, 0.25) is 0 Å². The molecule has 0 unspecified atom stereocenters. The minimum atomic E-state index is -3.86. The molecule has 0 aliphatic heterocycles. The lowest BCUT2D eigenvalue weighted by molar-refractivity contribution is -0.116. The molecule has 0 radical (unpaired) electrons. The van der Waals surface area contributed by atoms with Crippen molar-refractivity contribution in [3.8, 4) is 23.1 Å². The molecule has 0 bridgehead atoms. The molecular weight excluding hydrogens is 556 g/mol. The summed E-state index contributed by atoms with van der Waals surface area (Å²) in [5.74, 6) is 1.78. The van der Waals surface area contributed by atoms with Gasteiger partial charge in [-0.2, -0.15) is 8.42 Å². The molecule has 220 valence electrons. The maximum Gasteiger partial charge on any atom is 0.296 e. The Morgan fingerprint density at radius 3 is 2.21 bits per heavy atom. The number of amides is 1. The Morgan fingerprint density at radius 2 is 1.55 bits per heavy atom. The number of nitrogens with zero attached hydrogens (tertiary/aromatic N) is 2. The summed E-state index contributed by atoms with van der Waals surface area (Å²) in [5, 5.41) is 0. The van der Waals surface area contributed by atoms with Crippen molar-refractivity contribution in [1.29, 1.82) is 0 Å². The number of hydrogen-bond donors (Lipinski definition) is 0. The highest BCUT2D eigenvalue weighted by Crippen LogP contribution is 2.33. The third kappa shape index (κ3) is 8.08. The molecule has 1 amide bonds. The molecule has 1 heterocycles. The lowest BCUT2D eigenvalue weighted by Crippen LogP contribution is -2.28. The second-order valence-corrected chi connectivity index (χ2v) is 11.2. The number of aryl methyl sites for hydroxylation is 2. The van der Waals surface area contributed by atoms with Gasteiger partial charge in [0.15, 0.2) is 0 Å². The summed E-state index contributed by atoms with van der Waals surface area (Å²) in [5.41, 5.74) is 3.23. The van der Waals surface area contributed by atoms with Crippen molar-refractivity contribution in [3.05, 3.63) is 102 Å². The minimum Gasteiger partial charge on any atom is -0.497 e. The topological polar surface area (TPSA) is 104 Å². The SMILES string of the molecule is COc1ccc(OCCCOS(=O)(=O)c2ccc(C)cc2)c(CN(C(C)=O)c2cccnc2Oc2ccc(C)cc2)c1. The van der Waals surface area contributed by atoms with Crippen molar-refractivity contribution >= 4 is 21.7 Å². The highest BCUT2D eigenvalue weighted by Gasteiger charge is 2.21. The maximum absolute atomic E-state index is 12.9. The number of methoxy groups -OCH3 is 1. The molecule has 9 nitrogen and oxygen atoms in total. The number of carbonyl (C=O) groups is 1. The highest BCUT2D eigenvalue weighted by atomic mass is 32.2. The summed E-state index contributed by atoms with van der Waals surface area (Å²) < 4.78 is 47.5. The molecule has 10 heteroatoms. The van der Waals surface area contributed by atoms with Crippen molar-refractivity contribution in [2.45, 2.75) is 38.6 Å². The Hall–Kier alpha value is -4.41. The summed E-state index contributed by atoms with van der Waals surface area (Å²) in [7, 11) is -2.30. The second kappa shape index (κ2) is 14.0. The van der Waals surface area contributed by atoms with E-state index in [1.165, 1.54) is 19.1 Å². The normalized spacial score (nSPS) is 11.1. The van der Waals surface area contributed by atoms with Crippen molar-refractivity contribution in [2.24, 2.45) is 0 Å². The van der Waals surface area contributed by atoms with Gasteiger partial charge in [0.1, 0.15) is 22.9 Å². The fraction of sp³-hybridized carbons (Fsp3) is 0.250. The first-order valence-corrected chi connectivity index (χ1v) is 14.8. The third-order valence-electron chi connectivity index (χ3n) is 6.35. The predicted octanol–water partition coefficient (Wildman–Crippen LogP) is 6.23. The number of ether oxygens (including phenoxy) is 3. The highest BCUT2D eigenvalue weighted by molar-refractivity contribution is 7.86. The van der Waals surface area contributed by atoms with Gasteiger partial charge in [-0.05, 0) is 68.4 Å². The molecule has 0 atom stereocenters. The number of aromatic nitrogens is 1. The van der Waals surface area contributed by atoms with Gasteiger partial charge in [-0.15, -0.1) is 0 Å². The first kappa shape index (κ1) is 30.5. The zero-order chi connectivity index (χ0) is 30.1. The molecule has 0 aliphatic rings. The van der Waals surface area contributed by atoms with Crippen LogP contribution in [-0.4, -0.2) is 39.6 Å². The smallest absolute Gasteiger partial charge is 0.296 e. The van der Waals surface area contributed by atoms with E-state index in [1.807, 2.05) is 38.1 Å². The van der Waals surface area contributed by atoms with Crippen molar-refractivity contribution < 1.29 is 31.6 Å². The first-order chi connectivity index (χ1) is 20.2. The molecule has 42 heavy (non-hydrogen) atoms. The van der Waals surface area contributed by atoms with E-state index >= 15 is 0 Å². The number of pyridine rings is 1. The van der Waals surface area contributed by atoms with Crippen LogP contribution in [0.3, 0.4) is 0 Å². The Bertz CT molecular complexity index is 1610. The van der Waals surface area contributed by atoms with Crippen LogP contribution >= 0.6 is 0 Å².